The van der Waals surface area contributed by atoms with Crippen LogP contribution in [0.5, 0.6) is 0 Å². The number of unbranched alkanes of at least 4 members (excludes halogenated alkanes) is 18. The zero-order chi connectivity index (χ0) is 29.4. The quantitative estimate of drug-likeness (QED) is 0.0714. The van der Waals surface area contributed by atoms with Gasteiger partial charge in [0.1, 0.15) is 0 Å². The van der Waals surface area contributed by atoms with Gasteiger partial charge in [-0.15, -0.1) is 0 Å². The number of thioether (sulfide) groups is 2. The lowest BCUT2D eigenvalue weighted by molar-refractivity contribution is 0.0389. The monoisotopic (exact) mass is 605 g/mol. The first kappa shape index (κ1) is 40.5. The number of likely N-dealkylation sites (N-methyl/N-ethyl adjacent to an activating group) is 1. The Morgan fingerprint density at radius 1 is 0.650 bits per heavy atom. The molecular weight excluding hydrogens is 533 g/mol. The third-order valence-electron chi connectivity index (χ3n) is 7.53. The van der Waals surface area contributed by atoms with Gasteiger partial charge in [0.2, 0.25) is 0 Å². The average molecular weight is 605 g/mol. The Balaban J connectivity index is 4.00. The van der Waals surface area contributed by atoms with E-state index in [1.165, 1.54) is 146 Å². The molecule has 0 aliphatic rings. The normalized spacial score (nSPS) is 13.3. The molecule has 0 amide bonds. The molecule has 2 unspecified atom stereocenters. The maximum absolute atomic E-state index is 10.3. The van der Waals surface area contributed by atoms with Gasteiger partial charge in [0.15, 0.2) is 0 Å². The van der Waals surface area contributed by atoms with E-state index in [9.17, 15) is 5.11 Å². The van der Waals surface area contributed by atoms with Crippen LogP contribution < -0.4 is 5.32 Å². The van der Waals surface area contributed by atoms with Crippen LogP contribution in [0.4, 0.5) is 0 Å². The topological polar surface area (TPSA) is 44.7 Å². The third kappa shape index (κ3) is 33.0. The van der Waals surface area contributed by atoms with E-state index in [1.807, 2.05) is 0 Å². The number of nitrogens with one attached hydrogen (secondary N) is 1. The summed E-state index contributed by atoms with van der Waals surface area (Å²) in [5.74, 6) is 3.71. The number of nitrogens with zero attached hydrogens (tertiary/aromatic N) is 1. The first-order valence-corrected chi connectivity index (χ1v) is 19.6. The second kappa shape index (κ2) is 34.0. The number of aliphatic hydroxyl groups is 1. The predicted octanol–water partition coefficient (Wildman–Crippen LogP) is 9.19. The standard InChI is InChI=1S/C34H72N2O2S2/c1-5-7-9-11-13-15-17-19-21-23-27-39-32-34(31-38-30-33(37)29-35-25-26-36(3)4)40-28-24-22-20-18-16-14-12-10-8-6-2/h33-35,37H,5-32H2,1-4H3. The fraction of sp³-hybridized carbons (Fsp3) is 1.00. The first-order valence-electron chi connectivity index (χ1n) is 17.4. The zero-order valence-corrected chi connectivity index (χ0v) is 29.2. The molecule has 0 aromatic carbocycles. The summed E-state index contributed by atoms with van der Waals surface area (Å²) in [6.07, 6.45) is 27.7. The predicted molar refractivity (Wildman–Crippen MR) is 186 cm³/mol. The van der Waals surface area contributed by atoms with Crippen molar-refractivity contribution < 1.29 is 9.84 Å². The van der Waals surface area contributed by atoms with Crippen LogP contribution in [-0.4, -0.2) is 85.6 Å². The maximum Gasteiger partial charge on any atom is 0.0897 e. The highest BCUT2D eigenvalue weighted by molar-refractivity contribution is 8.03. The summed E-state index contributed by atoms with van der Waals surface area (Å²) in [7, 11) is 4.15. The minimum atomic E-state index is -0.422. The van der Waals surface area contributed by atoms with Crippen LogP contribution >= 0.6 is 23.5 Å². The SMILES string of the molecule is CCCCCCCCCCCCSCC(COCC(O)CNCCN(C)C)SCCCCCCCCCCCC. The van der Waals surface area contributed by atoms with E-state index >= 15 is 0 Å². The molecule has 6 heteroatoms. The Labute approximate surface area is 260 Å². The van der Waals surface area contributed by atoms with Crippen molar-refractivity contribution in [3.8, 4) is 0 Å². The minimum Gasteiger partial charge on any atom is -0.389 e. The van der Waals surface area contributed by atoms with Crippen molar-refractivity contribution in [1.29, 1.82) is 0 Å². The number of aliphatic hydroxyl groups excluding tert-OH is 1. The Morgan fingerprint density at radius 3 is 1.62 bits per heavy atom. The second-order valence-corrected chi connectivity index (χ2v) is 14.7. The van der Waals surface area contributed by atoms with Crippen LogP contribution in [0, 0.1) is 0 Å². The molecule has 242 valence electrons. The molecule has 0 spiro atoms. The molecule has 40 heavy (non-hydrogen) atoms. The van der Waals surface area contributed by atoms with Crippen LogP contribution in [0.2, 0.25) is 0 Å². The van der Waals surface area contributed by atoms with Crippen LogP contribution in [-0.2, 0) is 4.74 Å². The molecule has 4 nitrogen and oxygen atoms in total. The Hall–Kier alpha value is 0.540. The van der Waals surface area contributed by atoms with Gasteiger partial charge in [0.05, 0.1) is 19.3 Å². The average Bonchev–Trinajstić information content (AvgIpc) is 2.94. The maximum atomic E-state index is 10.3. The number of rotatable bonds is 34. The van der Waals surface area contributed by atoms with Gasteiger partial charge in [-0.1, -0.05) is 129 Å². The second-order valence-electron chi connectivity index (χ2n) is 12.1. The Bertz CT molecular complexity index is 471. The van der Waals surface area contributed by atoms with Crippen molar-refractivity contribution in [2.45, 2.75) is 154 Å². The summed E-state index contributed by atoms with van der Waals surface area (Å²) in [6.45, 7) is 8.29. The van der Waals surface area contributed by atoms with Gasteiger partial charge in [0.25, 0.3) is 0 Å². The lowest BCUT2D eigenvalue weighted by Crippen LogP contribution is -2.35. The summed E-state index contributed by atoms with van der Waals surface area (Å²) in [4.78, 5) is 2.15. The van der Waals surface area contributed by atoms with Gasteiger partial charge in [-0.25, -0.2) is 0 Å². The highest BCUT2D eigenvalue weighted by atomic mass is 32.2. The number of hydrogen-bond donors (Lipinski definition) is 2. The Kier molecular flexibility index (Phi) is 34.5. The summed E-state index contributed by atoms with van der Waals surface area (Å²) in [6, 6.07) is 0. The van der Waals surface area contributed by atoms with Gasteiger partial charge in [0, 0.05) is 30.6 Å². The molecule has 0 aliphatic carbocycles. The third-order valence-corrected chi connectivity index (χ3v) is 10.3. The van der Waals surface area contributed by atoms with E-state index in [0.717, 1.165) is 19.7 Å². The van der Waals surface area contributed by atoms with Crippen molar-refractivity contribution in [2.24, 2.45) is 0 Å². The molecule has 0 saturated heterocycles. The summed E-state index contributed by atoms with van der Waals surface area (Å²) in [5, 5.41) is 14.1. The van der Waals surface area contributed by atoms with E-state index < -0.39 is 6.10 Å². The molecule has 0 bridgehead atoms. The zero-order valence-electron chi connectivity index (χ0n) is 27.6. The van der Waals surface area contributed by atoms with E-state index in [-0.39, 0.29) is 0 Å². The summed E-state index contributed by atoms with van der Waals surface area (Å²) < 4.78 is 6.01. The molecule has 2 atom stereocenters. The lowest BCUT2D eigenvalue weighted by atomic mass is 10.1. The van der Waals surface area contributed by atoms with Crippen LogP contribution in [0.3, 0.4) is 0 Å². The lowest BCUT2D eigenvalue weighted by Gasteiger charge is -2.19. The van der Waals surface area contributed by atoms with E-state index in [4.69, 9.17) is 4.74 Å². The molecule has 0 heterocycles. The molecule has 0 aromatic heterocycles. The first-order chi connectivity index (χ1) is 19.6. The Morgan fingerprint density at radius 2 is 1.12 bits per heavy atom. The van der Waals surface area contributed by atoms with Crippen molar-refractivity contribution in [3.05, 3.63) is 0 Å². The van der Waals surface area contributed by atoms with Crippen molar-refractivity contribution >= 4 is 23.5 Å². The number of hydrogen-bond acceptors (Lipinski definition) is 6. The van der Waals surface area contributed by atoms with Crippen LogP contribution in [0.25, 0.3) is 0 Å². The minimum absolute atomic E-state index is 0.422. The van der Waals surface area contributed by atoms with Gasteiger partial charge in [-0.05, 0) is 38.4 Å². The van der Waals surface area contributed by atoms with Crippen LogP contribution in [0.15, 0.2) is 0 Å². The summed E-state index contributed by atoms with van der Waals surface area (Å²) >= 11 is 4.23. The fourth-order valence-corrected chi connectivity index (χ4v) is 7.36. The smallest absolute Gasteiger partial charge is 0.0897 e. The number of ether oxygens (including phenoxy) is 1. The van der Waals surface area contributed by atoms with Crippen molar-refractivity contribution in [1.82, 2.24) is 10.2 Å². The fourth-order valence-electron chi connectivity index (χ4n) is 4.86. The van der Waals surface area contributed by atoms with Crippen LogP contribution in [0.1, 0.15) is 142 Å². The largest absolute Gasteiger partial charge is 0.389 e. The van der Waals surface area contributed by atoms with Gasteiger partial charge in [-0.2, -0.15) is 23.5 Å². The molecule has 0 saturated carbocycles. The molecule has 0 fully saturated rings. The van der Waals surface area contributed by atoms with E-state index in [2.05, 4.69) is 61.7 Å². The molecule has 0 radical (unpaired) electrons. The van der Waals surface area contributed by atoms with Gasteiger partial charge < -0.3 is 20.1 Å². The van der Waals surface area contributed by atoms with E-state index in [0.29, 0.717) is 18.4 Å². The van der Waals surface area contributed by atoms with Gasteiger partial charge >= 0.3 is 0 Å². The molecule has 0 aliphatic heterocycles. The van der Waals surface area contributed by atoms with Gasteiger partial charge in [-0.3, -0.25) is 0 Å². The molecule has 2 N–H and O–H groups in total. The van der Waals surface area contributed by atoms with Crippen molar-refractivity contribution in [3.63, 3.8) is 0 Å². The van der Waals surface area contributed by atoms with E-state index in [1.54, 1.807) is 0 Å². The molecular formula is C34H72N2O2S2. The molecule has 0 rings (SSSR count). The van der Waals surface area contributed by atoms with Crippen molar-refractivity contribution in [2.75, 3.05) is 64.2 Å². The highest BCUT2D eigenvalue weighted by Gasteiger charge is 2.12. The summed E-state index contributed by atoms with van der Waals surface area (Å²) in [5.41, 5.74) is 0. The molecule has 0 aromatic rings. The highest BCUT2D eigenvalue weighted by Crippen LogP contribution is 2.21.